The van der Waals surface area contributed by atoms with Crippen molar-refractivity contribution >= 4 is 21.8 Å². The number of carbonyl (C=O) groups is 2. The summed E-state index contributed by atoms with van der Waals surface area (Å²) in [6.45, 7) is 3.97. The molecule has 6 nitrogen and oxygen atoms in total. The van der Waals surface area contributed by atoms with E-state index in [1.807, 2.05) is 0 Å². The van der Waals surface area contributed by atoms with Crippen LogP contribution in [0.5, 0.6) is 0 Å². The zero-order valence-electron chi connectivity index (χ0n) is 16.1. The minimum Gasteiger partial charge on any atom is -0.466 e. The van der Waals surface area contributed by atoms with E-state index in [2.05, 4.69) is 4.72 Å². The molecule has 0 spiro atoms. The molecule has 28 heavy (non-hydrogen) atoms. The highest BCUT2D eigenvalue weighted by Crippen LogP contribution is 2.14. The SMILES string of the molecule is CCOC(=O)CC(C)C(=O)c1ccc(CCNS(=O)(=O)c2ccccc2)cc1. The molecule has 0 aliphatic rings. The maximum atomic E-state index is 12.4. The van der Waals surface area contributed by atoms with Crippen molar-refractivity contribution in [2.24, 2.45) is 5.92 Å². The van der Waals surface area contributed by atoms with E-state index in [0.717, 1.165) is 5.56 Å². The van der Waals surface area contributed by atoms with E-state index in [1.165, 1.54) is 0 Å². The third kappa shape index (κ3) is 6.28. The molecular weight excluding hydrogens is 378 g/mol. The molecule has 1 N–H and O–H groups in total. The van der Waals surface area contributed by atoms with Crippen LogP contribution < -0.4 is 4.72 Å². The molecule has 2 rings (SSSR count). The summed E-state index contributed by atoms with van der Waals surface area (Å²) < 4.78 is 31.8. The van der Waals surface area contributed by atoms with Gasteiger partial charge in [0.05, 0.1) is 17.9 Å². The van der Waals surface area contributed by atoms with Gasteiger partial charge in [-0.3, -0.25) is 9.59 Å². The van der Waals surface area contributed by atoms with E-state index in [9.17, 15) is 18.0 Å². The highest BCUT2D eigenvalue weighted by molar-refractivity contribution is 7.89. The summed E-state index contributed by atoms with van der Waals surface area (Å²) in [5, 5.41) is 0. The van der Waals surface area contributed by atoms with Crippen LogP contribution in [0, 0.1) is 5.92 Å². The van der Waals surface area contributed by atoms with Crippen LogP contribution in [0.4, 0.5) is 0 Å². The van der Waals surface area contributed by atoms with Gasteiger partial charge in [0.1, 0.15) is 0 Å². The second kappa shape index (κ2) is 10.1. The summed E-state index contributed by atoms with van der Waals surface area (Å²) in [7, 11) is -3.53. The lowest BCUT2D eigenvalue weighted by Crippen LogP contribution is -2.25. The molecule has 7 heteroatoms. The molecule has 0 heterocycles. The first-order valence-electron chi connectivity index (χ1n) is 9.17. The Kier molecular flexibility index (Phi) is 7.90. The molecular formula is C21H25NO5S. The molecule has 2 aromatic rings. The minimum atomic E-state index is -3.53. The highest BCUT2D eigenvalue weighted by Gasteiger charge is 2.19. The predicted molar refractivity (Wildman–Crippen MR) is 107 cm³/mol. The summed E-state index contributed by atoms with van der Waals surface area (Å²) >= 11 is 0. The lowest BCUT2D eigenvalue weighted by Gasteiger charge is -2.11. The van der Waals surface area contributed by atoms with Crippen molar-refractivity contribution in [2.45, 2.75) is 31.6 Å². The van der Waals surface area contributed by atoms with Crippen LogP contribution >= 0.6 is 0 Å². The van der Waals surface area contributed by atoms with Crippen molar-refractivity contribution in [2.75, 3.05) is 13.2 Å². The Labute approximate surface area is 166 Å². The summed E-state index contributed by atoms with van der Waals surface area (Å²) in [6, 6.07) is 15.2. The molecule has 0 aliphatic carbocycles. The van der Waals surface area contributed by atoms with Gasteiger partial charge < -0.3 is 4.74 Å². The third-order valence-corrected chi connectivity index (χ3v) is 5.70. The number of ether oxygens (including phenoxy) is 1. The van der Waals surface area contributed by atoms with E-state index >= 15 is 0 Å². The lowest BCUT2D eigenvalue weighted by atomic mass is 9.95. The van der Waals surface area contributed by atoms with Crippen molar-refractivity contribution in [1.29, 1.82) is 0 Å². The van der Waals surface area contributed by atoms with Crippen LogP contribution in [-0.2, 0) is 26.0 Å². The number of benzene rings is 2. The van der Waals surface area contributed by atoms with Crippen molar-refractivity contribution in [3.05, 3.63) is 65.7 Å². The van der Waals surface area contributed by atoms with Gasteiger partial charge in [-0.25, -0.2) is 13.1 Å². The number of hydrogen-bond donors (Lipinski definition) is 1. The van der Waals surface area contributed by atoms with E-state index < -0.39 is 15.9 Å². The number of esters is 1. The number of Topliss-reactive ketones (excluding diaryl/α,β-unsaturated/α-hetero) is 1. The topological polar surface area (TPSA) is 89.5 Å². The Bertz CT molecular complexity index is 892. The van der Waals surface area contributed by atoms with E-state index in [1.54, 1.807) is 68.4 Å². The fourth-order valence-corrected chi connectivity index (χ4v) is 3.75. The molecule has 0 bridgehead atoms. The average Bonchev–Trinajstić information content (AvgIpc) is 2.68. The number of ketones is 1. The monoisotopic (exact) mass is 403 g/mol. The molecule has 1 atom stereocenters. The first kappa shape index (κ1) is 21.8. The Hall–Kier alpha value is -2.51. The number of rotatable bonds is 10. The largest absolute Gasteiger partial charge is 0.466 e. The van der Waals surface area contributed by atoms with Gasteiger partial charge in [-0.05, 0) is 31.0 Å². The highest BCUT2D eigenvalue weighted by atomic mass is 32.2. The van der Waals surface area contributed by atoms with E-state index in [0.29, 0.717) is 18.6 Å². The van der Waals surface area contributed by atoms with Crippen LogP contribution in [0.1, 0.15) is 36.2 Å². The first-order valence-corrected chi connectivity index (χ1v) is 10.6. The maximum Gasteiger partial charge on any atom is 0.306 e. The van der Waals surface area contributed by atoms with Gasteiger partial charge in [0.25, 0.3) is 0 Å². The number of carbonyl (C=O) groups excluding carboxylic acids is 2. The van der Waals surface area contributed by atoms with Gasteiger partial charge >= 0.3 is 5.97 Å². The summed E-state index contributed by atoms with van der Waals surface area (Å²) in [5.41, 5.74) is 1.43. The molecule has 0 aliphatic heterocycles. The van der Waals surface area contributed by atoms with Crippen LogP contribution in [0.3, 0.4) is 0 Å². The van der Waals surface area contributed by atoms with E-state index in [4.69, 9.17) is 4.74 Å². The fourth-order valence-electron chi connectivity index (χ4n) is 2.70. The Morgan fingerprint density at radius 1 is 1.04 bits per heavy atom. The van der Waals surface area contributed by atoms with Crippen LogP contribution in [0.15, 0.2) is 59.5 Å². The van der Waals surface area contributed by atoms with Crippen LogP contribution in [0.2, 0.25) is 0 Å². The zero-order chi connectivity index (χ0) is 20.6. The van der Waals surface area contributed by atoms with Crippen molar-refractivity contribution in [3.8, 4) is 0 Å². The quantitative estimate of drug-likeness (QED) is 0.487. The average molecular weight is 404 g/mol. The maximum absolute atomic E-state index is 12.4. The van der Waals surface area contributed by atoms with Crippen molar-refractivity contribution < 1.29 is 22.7 Å². The van der Waals surface area contributed by atoms with Gasteiger partial charge in [-0.2, -0.15) is 0 Å². The fraction of sp³-hybridized carbons (Fsp3) is 0.333. The van der Waals surface area contributed by atoms with Crippen LogP contribution in [0.25, 0.3) is 0 Å². The summed E-state index contributed by atoms with van der Waals surface area (Å²) in [6.07, 6.45) is 0.550. The Morgan fingerprint density at radius 3 is 2.29 bits per heavy atom. The van der Waals surface area contributed by atoms with E-state index in [-0.39, 0.29) is 29.6 Å². The van der Waals surface area contributed by atoms with Gasteiger partial charge in [0, 0.05) is 18.0 Å². The molecule has 0 amide bonds. The molecule has 2 aromatic carbocycles. The third-order valence-electron chi connectivity index (χ3n) is 4.22. The van der Waals surface area contributed by atoms with Gasteiger partial charge in [0.15, 0.2) is 5.78 Å². The number of nitrogens with one attached hydrogen (secondary N) is 1. The second-order valence-electron chi connectivity index (χ2n) is 6.43. The Morgan fingerprint density at radius 2 is 1.68 bits per heavy atom. The van der Waals surface area contributed by atoms with Gasteiger partial charge in [-0.1, -0.05) is 49.4 Å². The van der Waals surface area contributed by atoms with Gasteiger partial charge in [0.2, 0.25) is 10.0 Å². The second-order valence-corrected chi connectivity index (χ2v) is 8.20. The molecule has 0 saturated heterocycles. The Balaban J connectivity index is 1.89. The lowest BCUT2D eigenvalue weighted by molar-refractivity contribution is -0.143. The summed E-state index contributed by atoms with van der Waals surface area (Å²) in [5.74, 6) is -0.961. The number of hydrogen-bond acceptors (Lipinski definition) is 5. The molecule has 0 fully saturated rings. The molecule has 150 valence electrons. The van der Waals surface area contributed by atoms with Crippen molar-refractivity contribution in [1.82, 2.24) is 4.72 Å². The smallest absolute Gasteiger partial charge is 0.306 e. The summed E-state index contributed by atoms with van der Waals surface area (Å²) in [4.78, 5) is 24.1. The molecule has 0 radical (unpaired) electrons. The van der Waals surface area contributed by atoms with Gasteiger partial charge in [-0.15, -0.1) is 0 Å². The normalized spacial score (nSPS) is 12.4. The minimum absolute atomic E-state index is 0.0513. The zero-order valence-corrected chi connectivity index (χ0v) is 16.9. The molecule has 0 saturated carbocycles. The molecule has 0 aromatic heterocycles. The van der Waals surface area contributed by atoms with Crippen LogP contribution in [-0.4, -0.2) is 33.3 Å². The predicted octanol–water partition coefficient (Wildman–Crippen LogP) is 2.98. The molecule has 1 unspecified atom stereocenters. The number of sulfonamides is 1. The van der Waals surface area contributed by atoms with Crippen molar-refractivity contribution in [3.63, 3.8) is 0 Å². The standard InChI is InChI=1S/C21H25NO5S/c1-3-27-20(23)15-16(2)21(24)18-11-9-17(10-12-18)13-14-22-28(25,26)19-7-5-4-6-8-19/h4-12,16,22H,3,13-15H2,1-2H3. The first-order chi connectivity index (χ1) is 13.3.